The van der Waals surface area contributed by atoms with Crippen molar-refractivity contribution in [3.63, 3.8) is 0 Å². The summed E-state index contributed by atoms with van der Waals surface area (Å²) in [4.78, 5) is 38.3. The van der Waals surface area contributed by atoms with E-state index in [0.29, 0.717) is 22.6 Å². The summed E-state index contributed by atoms with van der Waals surface area (Å²) in [5, 5.41) is 2.66. The molecular formula is C20H16N2O5. The molecule has 7 heteroatoms. The van der Waals surface area contributed by atoms with Crippen LogP contribution in [0.5, 0.6) is 5.75 Å². The molecule has 136 valence electrons. The van der Waals surface area contributed by atoms with Crippen LogP contribution in [0.25, 0.3) is 6.08 Å². The number of esters is 2. The third-order valence-corrected chi connectivity index (χ3v) is 3.52. The average molecular weight is 364 g/mol. The molecule has 0 saturated heterocycles. The molecule has 0 atom stereocenters. The molecule has 2 aromatic carbocycles. The number of carbonyl (C=O) groups excluding carboxylic acids is 3. The van der Waals surface area contributed by atoms with Gasteiger partial charge in [0.25, 0.3) is 0 Å². The summed E-state index contributed by atoms with van der Waals surface area (Å²) in [6, 6.07) is 13.5. The zero-order valence-electron chi connectivity index (χ0n) is 14.7. The lowest BCUT2D eigenvalue weighted by atomic mass is 10.2. The molecule has 1 N–H and O–H groups in total. The maximum Gasteiger partial charge on any atom is 0.363 e. The number of ether oxygens (including phenoxy) is 2. The van der Waals surface area contributed by atoms with Crippen LogP contribution in [-0.4, -0.2) is 23.7 Å². The van der Waals surface area contributed by atoms with Gasteiger partial charge in [-0.2, -0.15) is 0 Å². The predicted molar refractivity (Wildman–Crippen MR) is 99.1 cm³/mol. The van der Waals surface area contributed by atoms with Crippen LogP contribution in [0.4, 0.5) is 5.69 Å². The largest absolute Gasteiger partial charge is 0.427 e. The van der Waals surface area contributed by atoms with Gasteiger partial charge in [0.1, 0.15) is 5.75 Å². The summed E-state index contributed by atoms with van der Waals surface area (Å²) >= 11 is 0. The molecular weight excluding hydrogens is 348 g/mol. The van der Waals surface area contributed by atoms with E-state index in [9.17, 15) is 14.4 Å². The number of carbonyl (C=O) groups is 3. The summed E-state index contributed by atoms with van der Waals surface area (Å²) in [6.45, 7) is 2.75. The first-order valence-electron chi connectivity index (χ1n) is 8.10. The predicted octanol–water partition coefficient (Wildman–Crippen LogP) is 2.91. The second-order valence-electron chi connectivity index (χ2n) is 5.76. The van der Waals surface area contributed by atoms with E-state index in [1.54, 1.807) is 54.6 Å². The number of nitrogens with zero attached hydrogens (tertiary/aromatic N) is 1. The number of anilines is 1. The van der Waals surface area contributed by atoms with Crippen molar-refractivity contribution in [3.05, 3.63) is 65.4 Å². The Bertz CT molecular complexity index is 957. The second kappa shape index (κ2) is 7.65. The number of nitrogens with one attached hydrogen (secondary N) is 1. The smallest absolute Gasteiger partial charge is 0.363 e. The highest BCUT2D eigenvalue weighted by Crippen LogP contribution is 2.21. The van der Waals surface area contributed by atoms with Gasteiger partial charge in [0.05, 0.1) is 0 Å². The van der Waals surface area contributed by atoms with E-state index in [4.69, 9.17) is 9.47 Å². The maximum atomic E-state index is 12.1. The lowest BCUT2D eigenvalue weighted by molar-refractivity contribution is -0.132. The number of aliphatic imine (C=N–C) groups is 1. The lowest BCUT2D eigenvalue weighted by Crippen LogP contribution is -2.07. The topological polar surface area (TPSA) is 94.1 Å². The van der Waals surface area contributed by atoms with E-state index < -0.39 is 11.9 Å². The Hall–Kier alpha value is -3.74. The Morgan fingerprint density at radius 2 is 1.70 bits per heavy atom. The van der Waals surface area contributed by atoms with Crippen LogP contribution in [-0.2, 0) is 19.1 Å². The molecule has 7 nitrogen and oxygen atoms in total. The van der Waals surface area contributed by atoms with Gasteiger partial charge >= 0.3 is 11.9 Å². The fraction of sp³-hybridized carbons (Fsp3) is 0.100. The number of hydrogen-bond donors (Lipinski definition) is 1. The second-order valence-corrected chi connectivity index (χ2v) is 5.76. The Balaban J connectivity index is 1.78. The van der Waals surface area contributed by atoms with Crippen molar-refractivity contribution in [2.24, 2.45) is 4.99 Å². The van der Waals surface area contributed by atoms with Crippen LogP contribution >= 0.6 is 0 Å². The molecule has 27 heavy (non-hydrogen) atoms. The fourth-order valence-electron chi connectivity index (χ4n) is 2.39. The van der Waals surface area contributed by atoms with Gasteiger partial charge in [-0.25, -0.2) is 9.79 Å². The van der Waals surface area contributed by atoms with Crippen LogP contribution in [0.1, 0.15) is 25.0 Å². The van der Waals surface area contributed by atoms with Crippen molar-refractivity contribution in [1.82, 2.24) is 0 Å². The van der Waals surface area contributed by atoms with Crippen molar-refractivity contribution < 1.29 is 23.9 Å². The van der Waals surface area contributed by atoms with Crippen molar-refractivity contribution in [2.75, 3.05) is 5.32 Å². The zero-order chi connectivity index (χ0) is 19.4. The third-order valence-electron chi connectivity index (χ3n) is 3.52. The Labute approximate surface area is 155 Å². The van der Waals surface area contributed by atoms with Gasteiger partial charge in [-0.3, -0.25) is 9.59 Å². The van der Waals surface area contributed by atoms with Crippen LogP contribution in [0.3, 0.4) is 0 Å². The van der Waals surface area contributed by atoms with E-state index in [2.05, 4.69) is 10.3 Å². The molecule has 2 aromatic rings. The van der Waals surface area contributed by atoms with Crippen molar-refractivity contribution in [2.45, 2.75) is 13.8 Å². The summed E-state index contributed by atoms with van der Waals surface area (Å²) in [5.41, 5.74) is 2.13. The molecule has 1 heterocycles. The zero-order valence-corrected chi connectivity index (χ0v) is 14.7. The number of cyclic esters (lactones) is 1. The summed E-state index contributed by atoms with van der Waals surface area (Å²) in [7, 11) is 0. The van der Waals surface area contributed by atoms with Gasteiger partial charge in [-0.05, 0) is 48.0 Å². The molecule has 0 spiro atoms. The minimum absolute atomic E-state index is 0.163. The minimum atomic E-state index is -0.556. The first-order chi connectivity index (χ1) is 12.9. The Morgan fingerprint density at radius 1 is 1.04 bits per heavy atom. The van der Waals surface area contributed by atoms with E-state index in [1.165, 1.54) is 13.8 Å². The normalized spacial score (nSPS) is 14.5. The Kier molecular flexibility index (Phi) is 5.12. The molecule has 0 aromatic heterocycles. The highest BCUT2D eigenvalue weighted by atomic mass is 16.6. The van der Waals surface area contributed by atoms with Gasteiger partial charge in [-0.1, -0.05) is 12.1 Å². The summed E-state index contributed by atoms with van der Waals surface area (Å²) in [5.74, 6) is -0.518. The third kappa shape index (κ3) is 4.66. The quantitative estimate of drug-likeness (QED) is 0.511. The van der Waals surface area contributed by atoms with Crippen LogP contribution in [0.2, 0.25) is 0 Å². The molecule has 0 radical (unpaired) electrons. The fourth-order valence-corrected chi connectivity index (χ4v) is 2.39. The van der Waals surface area contributed by atoms with Crippen LogP contribution < -0.4 is 10.1 Å². The van der Waals surface area contributed by atoms with Gasteiger partial charge < -0.3 is 14.8 Å². The Morgan fingerprint density at radius 3 is 2.30 bits per heavy atom. The minimum Gasteiger partial charge on any atom is -0.427 e. The lowest BCUT2D eigenvalue weighted by Gasteiger charge is -2.03. The molecule has 1 amide bonds. The molecule has 0 aliphatic carbocycles. The molecule has 0 fully saturated rings. The SMILES string of the molecule is CC(=O)Nc1ccc(C2=N/C(=C\c3ccc(OC(C)=O)cc3)C(=O)O2)cc1. The maximum absolute atomic E-state index is 12.1. The van der Waals surface area contributed by atoms with Crippen LogP contribution in [0.15, 0.2) is 59.2 Å². The molecule has 0 saturated carbocycles. The number of hydrogen-bond acceptors (Lipinski definition) is 6. The highest BCUT2D eigenvalue weighted by molar-refractivity contribution is 6.13. The van der Waals surface area contributed by atoms with Crippen molar-refractivity contribution in [3.8, 4) is 5.75 Å². The van der Waals surface area contributed by atoms with Gasteiger partial charge in [0.2, 0.25) is 11.8 Å². The molecule has 0 bridgehead atoms. The van der Waals surface area contributed by atoms with E-state index in [0.717, 1.165) is 0 Å². The number of rotatable bonds is 4. The molecule has 1 aliphatic heterocycles. The standard InChI is InChI=1S/C20H16N2O5/c1-12(23)21-16-7-5-15(6-8-16)19-22-18(20(25)27-19)11-14-3-9-17(10-4-14)26-13(2)24/h3-11H,1-2H3,(H,21,23)/b18-11-. The number of benzene rings is 2. The summed E-state index contributed by atoms with van der Waals surface area (Å²) in [6.07, 6.45) is 1.58. The molecule has 0 unspecified atom stereocenters. The molecule has 1 aliphatic rings. The van der Waals surface area contributed by atoms with Gasteiger partial charge in [-0.15, -0.1) is 0 Å². The average Bonchev–Trinajstić information content (AvgIpc) is 2.97. The van der Waals surface area contributed by atoms with E-state index >= 15 is 0 Å². The van der Waals surface area contributed by atoms with Gasteiger partial charge in [0.15, 0.2) is 5.70 Å². The van der Waals surface area contributed by atoms with E-state index in [1.807, 2.05) is 0 Å². The highest BCUT2D eigenvalue weighted by Gasteiger charge is 2.24. The van der Waals surface area contributed by atoms with Crippen molar-refractivity contribution in [1.29, 1.82) is 0 Å². The van der Waals surface area contributed by atoms with Crippen molar-refractivity contribution >= 4 is 35.5 Å². The van der Waals surface area contributed by atoms with Gasteiger partial charge in [0, 0.05) is 25.1 Å². The first kappa shape index (κ1) is 18.1. The van der Waals surface area contributed by atoms with Crippen LogP contribution in [0, 0.1) is 0 Å². The summed E-state index contributed by atoms with van der Waals surface area (Å²) < 4.78 is 10.2. The monoisotopic (exact) mass is 364 g/mol. The van der Waals surface area contributed by atoms with E-state index in [-0.39, 0.29) is 17.5 Å². The first-order valence-corrected chi connectivity index (χ1v) is 8.10. The molecule has 3 rings (SSSR count). The number of amides is 1.